The van der Waals surface area contributed by atoms with Gasteiger partial charge in [0.2, 0.25) is 0 Å². The molecule has 0 aliphatic heterocycles. The molecule has 1 aliphatic rings. The summed E-state index contributed by atoms with van der Waals surface area (Å²) in [6.07, 6.45) is 2.53. The van der Waals surface area contributed by atoms with Gasteiger partial charge in [-0.25, -0.2) is 8.42 Å². The number of benzene rings is 1. The van der Waals surface area contributed by atoms with E-state index in [1.165, 1.54) is 12.8 Å². The average Bonchev–Trinajstić information content (AvgIpc) is 3.28. The van der Waals surface area contributed by atoms with E-state index in [0.717, 1.165) is 5.92 Å². The summed E-state index contributed by atoms with van der Waals surface area (Å²) in [6.45, 7) is 2.72. The van der Waals surface area contributed by atoms with Crippen molar-refractivity contribution in [1.29, 1.82) is 0 Å². The number of nitrogens with zero attached hydrogens (tertiary/aromatic N) is 1. The number of thiocarbonyl (C=S) groups is 1. The molecule has 1 aromatic rings. The molecule has 4 nitrogen and oxygen atoms in total. The van der Waals surface area contributed by atoms with E-state index in [4.69, 9.17) is 18.0 Å². The molecule has 2 N–H and O–H groups in total. The van der Waals surface area contributed by atoms with Crippen LogP contribution in [-0.2, 0) is 9.84 Å². The van der Waals surface area contributed by atoms with Gasteiger partial charge in [-0.1, -0.05) is 24.4 Å². The van der Waals surface area contributed by atoms with Crippen LogP contribution in [0.1, 0.15) is 25.3 Å². The second-order valence-electron chi connectivity index (χ2n) is 5.77. The smallest absolute Gasteiger partial charge is 0.179 e. The number of rotatable bonds is 7. The Kier molecular flexibility index (Phi) is 5.01. The van der Waals surface area contributed by atoms with Crippen molar-refractivity contribution >= 4 is 27.0 Å². The summed E-state index contributed by atoms with van der Waals surface area (Å²) in [6, 6.07) is 6.93. The van der Waals surface area contributed by atoms with E-state index in [-0.39, 0.29) is 10.7 Å². The highest BCUT2D eigenvalue weighted by Crippen LogP contribution is 2.34. The molecule has 0 spiro atoms. The van der Waals surface area contributed by atoms with Crippen molar-refractivity contribution in [2.45, 2.75) is 30.7 Å². The Morgan fingerprint density at radius 1 is 1.38 bits per heavy atom. The Labute approximate surface area is 132 Å². The molecule has 1 aromatic carbocycles. The first-order chi connectivity index (χ1) is 9.81. The Balaban J connectivity index is 1.99. The summed E-state index contributed by atoms with van der Waals surface area (Å²) in [5, 5.41) is 0. The normalized spacial score (nSPS) is 16.9. The molecule has 1 atom stereocenters. The number of hydrogen-bond donors (Lipinski definition) is 1. The Hall–Kier alpha value is -0.980. The molecule has 0 amide bonds. The fourth-order valence-corrected chi connectivity index (χ4v) is 3.80. The minimum Gasteiger partial charge on any atom is -0.389 e. The third-order valence-electron chi connectivity index (χ3n) is 4.21. The summed E-state index contributed by atoms with van der Waals surface area (Å²) in [5.41, 5.74) is 6.20. The van der Waals surface area contributed by atoms with Gasteiger partial charge in [0.1, 0.15) is 4.99 Å². The van der Waals surface area contributed by atoms with Crippen molar-refractivity contribution < 1.29 is 8.42 Å². The summed E-state index contributed by atoms with van der Waals surface area (Å²) in [7, 11) is -1.27. The summed E-state index contributed by atoms with van der Waals surface area (Å²) < 4.78 is 24.7. The van der Waals surface area contributed by atoms with Crippen LogP contribution in [0.3, 0.4) is 0 Å². The minimum absolute atomic E-state index is 0.132. The largest absolute Gasteiger partial charge is 0.389 e. The zero-order valence-electron chi connectivity index (χ0n) is 12.5. The van der Waals surface area contributed by atoms with Crippen LogP contribution in [0.15, 0.2) is 29.2 Å². The third kappa shape index (κ3) is 4.25. The lowest BCUT2D eigenvalue weighted by atomic mass is 10.2. The maximum atomic E-state index is 12.3. The van der Waals surface area contributed by atoms with E-state index in [9.17, 15) is 8.42 Å². The van der Waals surface area contributed by atoms with Crippen LogP contribution in [0.2, 0.25) is 0 Å². The lowest BCUT2D eigenvalue weighted by molar-refractivity contribution is 0.247. The zero-order valence-corrected chi connectivity index (χ0v) is 14.1. The van der Waals surface area contributed by atoms with Crippen molar-refractivity contribution in [1.82, 2.24) is 4.90 Å². The highest BCUT2D eigenvalue weighted by molar-refractivity contribution is 7.91. The standard InChI is InChI=1S/C15H22N2O2S2/c1-11(12-3-4-12)17(2)9-10-21(18,19)14-7-5-13(6-8-14)15(16)20/h5-8,11-12H,3-4,9-10H2,1-2H3,(H2,16,20). The Bertz CT molecular complexity index is 607. The van der Waals surface area contributed by atoms with Crippen LogP contribution in [0.4, 0.5) is 0 Å². The van der Waals surface area contributed by atoms with Crippen LogP contribution < -0.4 is 5.73 Å². The minimum atomic E-state index is -3.26. The zero-order chi connectivity index (χ0) is 15.6. The van der Waals surface area contributed by atoms with E-state index in [2.05, 4.69) is 11.8 Å². The molecule has 6 heteroatoms. The molecule has 1 fully saturated rings. The van der Waals surface area contributed by atoms with Crippen LogP contribution >= 0.6 is 12.2 Å². The first kappa shape index (κ1) is 16.4. The summed E-state index contributed by atoms with van der Waals surface area (Å²) in [5.74, 6) is 0.870. The SMILES string of the molecule is CC(C1CC1)N(C)CCS(=O)(=O)c1ccc(C(N)=S)cc1. The van der Waals surface area contributed by atoms with Crippen molar-refractivity contribution in [3.63, 3.8) is 0 Å². The van der Waals surface area contributed by atoms with Gasteiger partial charge in [-0.05, 0) is 44.9 Å². The number of hydrogen-bond acceptors (Lipinski definition) is 4. The monoisotopic (exact) mass is 326 g/mol. The van der Waals surface area contributed by atoms with E-state index in [1.54, 1.807) is 24.3 Å². The maximum absolute atomic E-state index is 12.3. The molecule has 0 heterocycles. The Morgan fingerprint density at radius 3 is 2.43 bits per heavy atom. The van der Waals surface area contributed by atoms with Crippen LogP contribution in [0.25, 0.3) is 0 Å². The molecule has 2 rings (SSSR count). The summed E-state index contributed by atoms with van der Waals surface area (Å²) >= 11 is 4.86. The van der Waals surface area contributed by atoms with Crippen molar-refractivity contribution in [2.24, 2.45) is 11.7 Å². The topological polar surface area (TPSA) is 63.4 Å². The van der Waals surface area contributed by atoms with Crippen molar-refractivity contribution in [2.75, 3.05) is 19.3 Å². The molecule has 0 bridgehead atoms. The average molecular weight is 326 g/mol. The first-order valence-corrected chi connectivity index (χ1v) is 9.20. The van der Waals surface area contributed by atoms with Gasteiger partial charge in [0.25, 0.3) is 0 Å². The number of nitrogens with two attached hydrogens (primary N) is 1. The van der Waals surface area contributed by atoms with Crippen molar-refractivity contribution in [3.8, 4) is 0 Å². The van der Waals surface area contributed by atoms with Crippen LogP contribution in [-0.4, -0.2) is 43.7 Å². The second-order valence-corrected chi connectivity index (χ2v) is 8.32. The fraction of sp³-hybridized carbons (Fsp3) is 0.533. The quantitative estimate of drug-likeness (QED) is 0.775. The van der Waals surface area contributed by atoms with Gasteiger partial charge < -0.3 is 10.6 Å². The fourth-order valence-electron chi connectivity index (χ4n) is 2.35. The van der Waals surface area contributed by atoms with Gasteiger partial charge in [-0.15, -0.1) is 0 Å². The molecular weight excluding hydrogens is 304 g/mol. The predicted molar refractivity (Wildman–Crippen MR) is 89.2 cm³/mol. The molecule has 0 saturated heterocycles. The third-order valence-corrected chi connectivity index (χ3v) is 6.16. The molecule has 0 aromatic heterocycles. The van der Waals surface area contributed by atoms with Gasteiger partial charge in [-0.3, -0.25) is 0 Å². The van der Waals surface area contributed by atoms with E-state index in [1.807, 2.05) is 7.05 Å². The highest BCUT2D eigenvalue weighted by Gasteiger charge is 2.30. The molecule has 116 valence electrons. The summed E-state index contributed by atoms with van der Waals surface area (Å²) in [4.78, 5) is 2.74. The molecule has 1 aliphatic carbocycles. The van der Waals surface area contributed by atoms with E-state index in [0.29, 0.717) is 23.0 Å². The van der Waals surface area contributed by atoms with Crippen LogP contribution in [0, 0.1) is 5.92 Å². The molecular formula is C15H22N2O2S2. The van der Waals surface area contributed by atoms with Crippen molar-refractivity contribution in [3.05, 3.63) is 29.8 Å². The second kappa shape index (κ2) is 6.42. The van der Waals surface area contributed by atoms with Crippen LogP contribution in [0.5, 0.6) is 0 Å². The first-order valence-electron chi connectivity index (χ1n) is 7.14. The van der Waals surface area contributed by atoms with Gasteiger partial charge >= 0.3 is 0 Å². The predicted octanol–water partition coefficient (Wildman–Crippen LogP) is 1.82. The van der Waals surface area contributed by atoms with E-state index < -0.39 is 9.84 Å². The Morgan fingerprint density at radius 2 is 1.95 bits per heavy atom. The lowest BCUT2D eigenvalue weighted by Crippen LogP contribution is -2.34. The molecule has 21 heavy (non-hydrogen) atoms. The van der Waals surface area contributed by atoms with Gasteiger partial charge in [-0.2, -0.15) is 0 Å². The van der Waals surface area contributed by atoms with E-state index >= 15 is 0 Å². The highest BCUT2D eigenvalue weighted by atomic mass is 32.2. The van der Waals surface area contributed by atoms with Gasteiger partial charge in [0.05, 0.1) is 10.6 Å². The molecule has 0 radical (unpaired) electrons. The number of sulfone groups is 1. The maximum Gasteiger partial charge on any atom is 0.179 e. The van der Waals surface area contributed by atoms with Gasteiger partial charge in [0, 0.05) is 18.2 Å². The lowest BCUT2D eigenvalue weighted by Gasteiger charge is -2.24. The molecule has 1 unspecified atom stereocenters. The molecule has 1 saturated carbocycles. The van der Waals surface area contributed by atoms with Gasteiger partial charge in [0.15, 0.2) is 9.84 Å².